The van der Waals surface area contributed by atoms with Crippen LogP contribution in [0.15, 0.2) is 66.3 Å². The van der Waals surface area contributed by atoms with Crippen molar-refractivity contribution >= 4 is 22.8 Å². The number of piperidine rings is 2. The van der Waals surface area contributed by atoms with Gasteiger partial charge in [0.1, 0.15) is 0 Å². The second kappa shape index (κ2) is 16.6. The van der Waals surface area contributed by atoms with Crippen LogP contribution in [-0.4, -0.2) is 63.6 Å². The predicted molar refractivity (Wildman–Crippen MR) is 182 cm³/mol. The van der Waals surface area contributed by atoms with E-state index >= 15 is 0 Å². The van der Waals surface area contributed by atoms with E-state index in [-0.39, 0.29) is 11.5 Å². The number of aryl methyl sites for hydroxylation is 1. The lowest BCUT2D eigenvalue weighted by Crippen LogP contribution is -2.48. The molecule has 0 atom stereocenters. The summed E-state index contributed by atoms with van der Waals surface area (Å²) in [4.78, 5) is 31.0. The van der Waals surface area contributed by atoms with Crippen LogP contribution in [0.4, 0.5) is 0 Å². The van der Waals surface area contributed by atoms with Gasteiger partial charge in [-0.3, -0.25) is 4.79 Å². The molecule has 1 aromatic carbocycles. The molecule has 1 amide bonds. The molecule has 2 saturated heterocycles. The van der Waals surface area contributed by atoms with Crippen LogP contribution in [0.3, 0.4) is 0 Å². The fourth-order valence-corrected chi connectivity index (χ4v) is 7.01. The van der Waals surface area contributed by atoms with Crippen molar-refractivity contribution in [3.8, 4) is 0 Å². The summed E-state index contributed by atoms with van der Waals surface area (Å²) >= 11 is 0. The number of nitrogens with zero attached hydrogens (tertiary/aromatic N) is 3. The summed E-state index contributed by atoms with van der Waals surface area (Å²) < 4.78 is 2.21. The quantitative estimate of drug-likeness (QED) is 0.103. The molecule has 0 saturated carbocycles. The lowest BCUT2D eigenvalue weighted by molar-refractivity contribution is -0.129. The molecule has 0 radical (unpaired) electrons. The van der Waals surface area contributed by atoms with Crippen LogP contribution in [0, 0.1) is 0 Å². The fraction of sp³-hybridized carbons (Fsp3) is 0.526. The van der Waals surface area contributed by atoms with Gasteiger partial charge < -0.3 is 19.5 Å². The number of fused-ring (bicyclic) bond motifs is 1. The molecule has 0 unspecified atom stereocenters. The van der Waals surface area contributed by atoms with Crippen LogP contribution in [0.5, 0.6) is 0 Å². The Balaban J connectivity index is 1.71. The first-order valence-corrected chi connectivity index (χ1v) is 16.9. The number of carbonyl (C=O) groups excluding carboxylic acids is 1. The smallest absolute Gasteiger partial charge is 0.335 e. The third-order valence-corrected chi connectivity index (χ3v) is 9.36. The van der Waals surface area contributed by atoms with Crippen molar-refractivity contribution in [3.05, 3.63) is 83.1 Å². The van der Waals surface area contributed by atoms with Crippen LogP contribution in [-0.2, 0) is 24.2 Å². The number of carbonyl (C=O) groups is 2. The zero-order valence-corrected chi connectivity index (χ0v) is 27.3. The Labute approximate surface area is 264 Å². The topological polar surface area (TPSA) is 65.8 Å². The molecule has 2 aliphatic heterocycles. The van der Waals surface area contributed by atoms with Gasteiger partial charge in [0.05, 0.1) is 12.1 Å². The second-order valence-corrected chi connectivity index (χ2v) is 12.5. The SMILES string of the molecule is C=C(/C=C\C)/C=C(\Cn1c(C/C=C\C)c(CCCCCC)c2ccc(C(=O)O)cc21)C(=O)N1CCC(N2CCCCC2)CC1. The summed E-state index contributed by atoms with van der Waals surface area (Å²) in [6.45, 7) is 14.7. The molecular weight excluding hydrogens is 546 g/mol. The Kier molecular flexibility index (Phi) is 12.7. The van der Waals surface area contributed by atoms with Gasteiger partial charge in [0.25, 0.3) is 5.91 Å². The second-order valence-electron chi connectivity index (χ2n) is 12.5. The molecule has 3 heterocycles. The molecule has 44 heavy (non-hydrogen) atoms. The molecule has 6 nitrogen and oxygen atoms in total. The number of aromatic nitrogens is 1. The summed E-state index contributed by atoms with van der Waals surface area (Å²) in [5.41, 5.74) is 5.07. The third kappa shape index (κ3) is 8.41. The average molecular weight is 600 g/mol. The first-order valence-electron chi connectivity index (χ1n) is 16.9. The van der Waals surface area contributed by atoms with E-state index in [0.717, 1.165) is 67.4 Å². The predicted octanol–water partition coefficient (Wildman–Crippen LogP) is 8.12. The minimum absolute atomic E-state index is 0.0606. The number of hydrogen-bond acceptors (Lipinski definition) is 3. The maximum Gasteiger partial charge on any atom is 0.335 e. The van der Waals surface area contributed by atoms with Crippen molar-refractivity contribution in [1.82, 2.24) is 14.4 Å². The Morgan fingerprint density at radius 1 is 1.00 bits per heavy atom. The maximum atomic E-state index is 14.3. The van der Waals surface area contributed by atoms with E-state index < -0.39 is 5.97 Å². The van der Waals surface area contributed by atoms with E-state index in [0.29, 0.717) is 18.2 Å². The minimum Gasteiger partial charge on any atom is -0.478 e. The zero-order chi connectivity index (χ0) is 31.5. The Morgan fingerprint density at radius 3 is 2.41 bits per heavy atom. The molecule has 238 valence electrons. The first kappa shape index (κ1) is 33.5. The van der Waals surface area contributed by atoms with Crippen molar-refractivity contribution in [3.63, 3.8) is 0 Å². The van der Waals surface area contributed by atoms with Crippen LogP contribution in [0.2, 0.25) is 0 Å². The highest BCUT2D eigenvalue weighted by molar-refractivity contribution is 5.97. The Morgan fingerprint density at radius 2 is 1.75 bits per heavy atom. The average Bonchev–Trinajstić information content (AvgIpc) is 3.33. The highest BCUT2D eigenvalue weighted by Gasteiger charge is 2.29. The lowest BCUT2D eigenvalue weighted by atomic mass is 9.99. The number of allylic oxidation sites excluding steroid dienone is 6. The zero-order valence-electron chi connectivity index (χ0n) is 27.3. The molecule has 1 aromatic heterocycles. The lowest BCUT2D eigenvalue weighted by Gasteiger charge is -2.40. The van der Waals surface area contributed by atoms with Crippen molar-refractivity contribution in [2.75, 3.05) is 26.2 Å². The fourth-order valence-electron chi connectivity index (χ4n) is 7.01. The molecule has 0 spiro atoms. The van der Waals surface area contributed by atoms with Crippen molar-refractivity contribution < 1.29 is 14.7 Å². The summed E-state index contributed by atoms with van der Waals surface area (Å²) in [6.07, 6.45) is 22.3. The van der Waals surface area contributed by atoms with Gasteiger partial charge in [0, 0.05) is 47.7 Å². The monoisotopic (exact) mass is 599 g/mol. The maximum absolute atomic E-state index is 14.3. The Hall–Kier alpha value is -3.38. The van der Waals surface area contributed by atoms with Crippen molar-refractivity contribution in [2.24, 2.45) is 0 Å². The summed E-state index contributed by atoms with van der Waals surface area (Å²) in [5.74, 6) is -0.880. The van der Waals surface area contributed by atoms with Gasteiger partial charge in [0.2, 0.25) is 0 Å². The van der Waals surface area contributed by atoms with Gasteiger partial charge in [-0.1, -0.05) is 69.6 Å². The molecule has 6 heteroatoms. The molecule has 0 bridgehead atoms. The van der Waals surface area contributed by atoms with E-state index in [1.165, 1.54) is 57.2 Å². The van der Waals surface area contributed by atoms with E-state index in [1.807, 2.05) is 43.0 Å². The van der Waals surface area contributed by atoms with Crippen molar-refractivity contribution in [1.29, 1.82) is 0 Å². The van der Waals surface area contributed by atoms with Gasteiger partial charge in [-0.25, -0.2) is 4.79 Å². The number of likely N-dealkylation sites (tertiary alicyclic amines) is 2. The molecule has 2 fully saturated rings. The molecule has 2 aliphatic rings. The molecule has 2 aromatic rings. The van der Waals surface area contributed by atoms with Gasteiger partial charge in [-0.15, -0.1) is 0 Å². The van der Waals surface area contributed by atoms with Gasteiger partial charge in [0.15, 0.2) is 0 Å². The van der Waals surface area contributed by atoms with E-state index in [9.17, 15) is 14.7 Å². The third-order valence-electron chi connectivity index (χ3n) is 9.36. The van der Waals surface area contributed by atoms with E-state index in [2.05, 4.69) is 35.1 Å². The van der Waals surface area contributed by atoms with Gasteiger partial charge in [-0.05, 0) is 94.8 Å². The van der Waals surface area contributed by atoms with E-state index in [1.54, 1.807) is 12.1 Å². The number of unbranched alkanes of at least 4 members (excludes halogenated alkanes) is 3. The first-order chi connectivity index (χ1) is 21.4. The van der Waals surface area contributed by atoms with E-state index in [4.69, 9.17) is 0 Å². The highest BCUT2D eigenvalue weighted by atomic mass is 16.4. The molecular formula is C38H53N3O3. The number of aromatic carboxylic acids is 1. The standard InChI is InChI=1S/C38H53N3O3/c1-5-8-10-12-16-33-34-19-18-30(38(43)44)27-36(34)41(35(33)17-9-6-2)28-31(26-29(4)15-7-3)37(42)40-24-20-32(21-25-40)39-22-13-11-14-23-39/h6-7,9,15,18-19,26-27,32H,4-5,8,10-14,16-17,20-25,28H2,1-3H3,(H,43,44)/b9-6-,15-7-,31-26+. The largest absolute Gasteiger partial charge is 0.478 e. The highest BCUT2D eigenvalue weighted by Crippen LogP contribution is 2.32. The van der Waals surface area contributed by atoms with Crippen LogP contribution in [0.1, 0.15) is 100 Å². The van der Waals surface area contributed by atoms with Gasteiger partial charge >= 0.3 is 5.97 Å². The molecule has 1 N–H and O–H groups in total. The van der Waals surface area contributed by atoms with Crippen LogP contribution in [0.25, 0.3) is 10.9 Å². The number of amides is 1. The number of rotatable bonds is 14. The Bertz CT molecular complexity index is 1380. The van der Waals surface area contributed by atoms with Gasteiger partial charge in [-0.2, -0.15) is 0 Å². The molecule has 4 rings (SSSR count). The summed E-state index contributed by atoms with van der Waals surface area (Å²) in [5, 5.41) is 11.0. The van der Waals surface area contributed by atoms with Crippen LogP contribution >= 0.6 is 0 Å². The summed E-state index contributed by atoms with van der Waals surface area (Å²) in [7, 11) is 0. The summed E-state index contributed by atoms with van der Waals surface area (Å²) in [6, 6.07) is 6.04. The normalized spacial score (nSPS) is 17.3. The molecule has 0 aliphatic carbocycles. The number of benzene rings is 1. The number of hydrogen-bond donors (Lipinski definition) is 1. The number of carboxylic acid groups (broad SMARTS) is 1. The van der Waals surface area contributed by atoms with Crippen molar-refractivity contribution in [2.45, 2.75) is 104 Å². The minimum atomic E-state index is -0.941. The van der Waals surface area contributed by atoms with Crippen LogP contribution < -0.4 is 0 Å². The number of carboxylic acids is 1.